The molecule has 2 saturated carbocycles. The highest BCUT2D eigenvalue weighted by atomic mass is 16.5. The molecule has 0 heterocycles. The number of benzene rings is 1. The lowest BCUT2D eigenvalue weighted by atomic mass is 9.55. The van der Waals surface area contributed by atoms with Crippen molar-refractivity contribution in [2.45, 2.75) is 57.2 Å². The SMILES string of the molecule is COc1ccc2c(c1)CC[C@H]1[C@@H]2CC[C@@]2(C)[C@@H](O)[C@H](O)C[C@@H]12. The van der Waals surface area contributed by atoms with Crippen LogP contribution >= 0.6 is 0 Å². The largest absolute Gasteiger partial charge is 0.497 e. The molecule has 0 amide bonds. The summed E-state index contributed by atoms with van der Waals surface area (Å²) in [4.78, 5) is 0. The third kappa shape index (κ3) is 1.88. The van der Waals surface area contributed by atoms with Crippen molar-refractivity contribution in [3.8, 4) is 5.75 Å². The van der Waals surface area contributed by atoms with Gasteiger partial charge in [0.05, 0.1) is 19.3 Å². The van der Waals surface area contributed by atoms with Crippen LogP contribution in [0.3, 0.4) is 0 Å². The van der Waals surface area contributed by atoms with Crippen molar-refractivity contribution in [1.82, 2.24) is 0 Å². The lowest BCUT2D eigenvalue weighted by Crippen LogP contribution is -2.44. The van der Waals surface area contributed by atoms with Crippen molar-refractivity contribution in [2.24, 2.45) is 17.3 Å². The van der Waals surface area contributed by atoms with Gasteiger partial charge in [0.15, 0.2) is 0 Å². The average Bonchev–Trinajstić information content (AvgIpc) is 2.77. The maximum atomic E-state index is 10.4. The molecule has 4 rings (SSSR count). The Labute approximate surface area is 132 Å². The molecule has 3 nitrogen and oxygen atoms in total. The fraction of sp³-hybridized carbons (Fsp3) is 0.684. The summed E-state index contributed by atoms with van der Waals surface area (Å²) in [6, 6.07) is 6.51. The van der Waals surface area contributed by atoms with Crippen molar-refractivity contribution in [3.05, 3.63) is 29.3 Å². The fourth-order valence-electron chi connectivity index (χ4n) is 5.67. The van der Waals surface area contributed by atoms with Gasteiger partial charge in [0.25, 0.3) is 0 Å². The first-order valence-corrected chi connectivity index (χ1v) is 8.57. The van der Waals surface area contributed by atoms with Crippen molar-refractivity contribution < 1.29 is 14.9 Å². The minimum absolute atomic E-state index is 0.0927. The van der Waals surface area contributed by atoms with E-state index in [0.717, 1.165) is 31.4 Å². The molecule has 3 aliphatic rings. The Morgan fingerprint density at radius 2 is 2.05 bits per heavy atom. The number of methoxy groups -OCH3 is 1. The van der Waals surface area contributed by atoms with Crippen LogP contribution in [0.1, 0.15) is 49.7 Å². The molecular formula is C19H26O3. The summed E-state index contributed by atoms with van der Waals surface area (Å²) in [5, 5.41) is 20.6. The zero-order valence-electron chi connectivity index (χ0n) is 13.5. The van der Waals surface area contributed by atoms with Gasteiger partial charge in [-0.15, -0.1) is 0 Å². The number of hydrogen-bond donors (Lipinski definition) is 2. The molecule has 3 heteroatoms. The Balaban J connectivity index is 1.69. The number of ether oxygens (including phenoxy) is 1. The number of rotatable bonds is 1. The molecule has 0 aliphatic heterocycles. The summed E-state index contributed by atoms with van der Waals surface area (Å²) in [6.45, 7) is 2.19. The monoisotopic (exact) mass is 302 g/mol. The molecule has 0 radical (unpaired) electrons. The lowest BCUT2D eigenvalue weighted by molar-refractivity contribution is -0.0505. The van der Waals surface area contributed by atoms with Crippen molar-refractivity contribution in [3.63, 3.8) is 0 Å². The average molecular weight is 302 g/mol. The normalized spacial score (nSPS) is 43.2. The van der Waals surface area contributed by atoms with Gasteiger partial charge in [0.1, 0.15) is 5.75 Å². The number of aliphatic hydroxyl groups excluding tert-OH is 2. The summed E-state index contributed by atoms with van der Waals surface area (Å²) in [5.74, 6) is 2.59. The van der Waals surface area contributed by atoms with Gasteiger partial charge in [-0.25, -0.2) is 0 Å². The maximum Gasteiger partial charge on any atom is 0.119 e. The smallest absolute Gasteiger partial charge is 0.119 e. The molecule has 0 saturated heterocycles. The van der Waals surface area contributed by atoms with Crippen LogP contribution in [-0.4, -0.2) is 29.5 Å². The first-order valence-electron chi connectivity index (χ1n) is 8.57. The second-order valence-electron chi connectivity index (χ2n) is 7.77. The van der Waals surface area contributed by atoms with E-state index >= 15 is 0 Å². The first-order chi connectivity index (χ1) is 10.5. The third-order valence-electron chi connectivity index (χ3n) is 6.91. The topological polar surface area (TPSA) is 49.7 Å². The molecule has 0 bridgehead atoms. The second-order valence-corrected chi connectivity index (χ2v) is 7.77. The highest BCUT2D eigenvalue weighted by molar-refractivity contribution is 5.40. The van der Waals surface area contributed by atoms with Crippen LogP contribution in [0.25, 0.3) is 0 Å². The van der Waals surface area contributed by atoms with Crippen molar-refractivity contribution >= 4 is 0 Å². The maximum absolute atomic E-state index is 10.4. The van der Waals surface area contributed by atoms with Crippen LogP contribution in [0.15, 0.2) is 18.2 Å². The zero-order valence-corrected chi connectivity index (χ0v) is 13.5. The molecular weight excluding hydrogens is 276 g/mol. The molecule has 3 aliphatic carbocycles. The summed E-state index contributed by atoms with van der Waals surface area (Å²) in [6.07, 6.45) is 4.09. The molecule has 0 unspecified atom stereocenters. The van der Waals surface area contributed by atoms with Gasteiger partial charge in [-0.2, -0.15) is 0 Å². The van der Waals surface area contributed by atoms with Crippen LogP contribution in [0.4, 0.5) is 0 Å². The van der Waals surface area contributed by atoms with Crippen LogP contribution in [0.5, 0.6) is 5.75 Å². The molecule has 2 N–H and O–H groups in total. The summed E-state index contributed by atoms with van der Waals surface area (Å²) >= 11 is 0. The molecule has 1 aromatic carbocycles. The molecule has 120 valence electrons. The van der Waals surface area contributed by atoms with E-state index < -0.39 is 12.2 Å². The lowest BCUT2D eigenvalue weighted by Gasteiger charge is -2.49. The molecule has 0 spiro atoms. The third-order valence-corrected chi connectivity index (χ3v) is 6.91. The molecule has 0 aromatic heterocycles. The Bertz CT molecular complexity index is 584. The molecule has 2 fully saturated rings. The van der Waals surface area contributed by atoms with Gasteiger partial charge in [-0.05, 0) is 78.5 Å². The minimum Gasteiger partial charge on any atom is -0.497 e. The predicted molar refractivity (Wildman–Crippen MR) is 85.0 cm³/mol. The Morgan fingerprint density at radius 1 is 1.23 bits per heavy atom. The van der Waals surface area contributed by atoms with E-state index in [0.29, 0.717) is 17.8 Å². The Morgan fingerprint density at radius 3 is 2.82 bits per heavy atom. The standard InChI is InChI=1S/C19H26O3/c1-19-8-7-14-13-6-4-12(22-2)9-11(13)3-5-15(14)16(19)10-17(20)18(19)21/h4,6,9,14-18,20-21H,3,5,7-8,10H2,1-2H3/t14-,15+,16+,17-,18+,19-/m1/s1. The highest BCUT2D eigenvalue weighted by Gasteiger charge is 2.57. The number of aliphatic hydroxyl groups is 2. The van der Waals surface area contributed by atoms with Gasteiger partial charge in [-0.1, -0.05) is 13.0 Å². The van der Waals surface area contributed by atoms with Gasteiger partial charge < -0.3 is 14.9 Å². The van der Waals surface area contributed by atoms with Gasteiger partial charge >= 0.3 is 0 Å². The molecule has 1 aromatic rings. The van der Waals surface area contributed by atoms with E-state index in [1.165, 1.54) is 17.5 Å². The number of aryl methyl sites for hydroxylation is 1. The van der Waals surface area contributed by atoms with E-state index in [1.54, 1.807) is 7.11 Å². The van der Waals surface area contributed by atoms with E-state index in [-0.39, 0.29) is 5.41 Å². The van der Waals surface area contributed by atoms with Crippen LogP contribution in [0.2, 0.25) is 0 Å². The van der Waals surface area contributed by atoms with Gasteiger partial charge in [0.2, 0.25) is 0 Å². The van der Waals surface area contributed by atoms with Crippen LogP contribution in [0, 0.1) is 17.3 Å². The predicted octanol–water partition coefficient (Wildman–Crippen LogP) is 2.88. The zero-order chi connectivity index (χ0) is 15.5. The van der Waals surface area contributed by atoms with Crippen LogP contribution < -0.4 is 4.74 Å². The highest BCUT2D eigenvalue weighted by Crippen LogP contribution is 2.60. The van der Waals surface area contributed by atoms with E-state index in [4.69, 9.17) is 4.74 Å². The summed E-state index contributed by atoms with van der Waals surface area (Å²) < 4.78 is 5.36. The summed E-state index contributed by atoms with van der Waals surface area (Å²) in [5.41, 5.74) is 2.82. The number of hydrogen-bond acceptors (Lipinski definition) is 3. The van der Waals surface area contributed by atoms with Crippen molar-refractivity contribution in [2.75, 3.05) is 7.11 Å². The second kappa shape index (κ2) is 4.97. The molecule has 22 heavy (non-hydrogen) atoms. The van der Waals surface area contributed by atoms with Crippen molar-refractivity contribution in [1.29, 1.82) is 0 Å². The fourth-order valence-corrected chi connectivity index (χ4v) is 5.67. The van der Waals surface area contributed by atoms with E-state index in [9.17, 15) is 10.2 Å². The Hall–Kier alpha value is -1.06. The number of fused-ring (bicyclic) bond motifs is 5. The Kier molecular flexibility index (Phi) is 3.28. The van der Waals surface area contributed by atoms with E-state index in [1.807, 2.05) is 0 Å². The first kappa shape index (κ1) is 14.5. The van der Waals surface area contributed by atoms with Gasteiger partial charge in [-0.3, -0.25) is 0 Å². The van der Waals surface area contributed by atoms with Crippen LogP contribution in [-0.2, 0) is 6.42 Å². The van der Waals surface area contributed by atoms with Gasteiger partial charge in [0, 0.05) is 0 Å². The van der Waals surface area contributed by atoms with E-state index in [2.05, 4.69) is 25.1 Å². The molecule has 6 atom stereocenters. The summed E-state index contributed by atoms with van der Waals surface area (Å²) in [7, 11) is 1.72. The quantitative estimate of drug-likeness (QED) is 0.838. The minimum atomic E-state index is -0.546.